The van der Waals surface area contributed by atoms with Crippen LogP contribution < -0.4 is 20.2 Å². The lowest BCUT2D eigenvalue weighted by Gasteiger charge is -2.08. The van der Waals surface area contributed by atoms with Crippen LogP contribution in [-0.2, 0) is 4.79 Å². The van der Waals surface area contributed by atoms with E-state index in [-0.39, 0.29) is 19.2 Å². The minimum atomic E-state index is -0.240. The Morgan fingerprint density at radius 2 is 1.89 bits per heavy atom. The Bertz CT molecular complexity index is 1030. The normalized spacial score (nSPS) is 12.5. The number of hydrazone groups is 1. The fourth-order valence-electron chi connectivity index (χ4n) is 2.80. The first-order valence-electron chi connectivity index (χ1n) is 8.33. The molecule has 0 aromatic heterocycles. The van der Waals surface area contributed by atoms with Crippen LogP contribution in [0.2, 0.25) is 0 Å². The van der Waals surface area contributed by atoms with E-state index in [1.807, 2.05) is 48.5 Å². The first-order chi connectivity index (χ1) is 13.2. The molecule has 7 heteroatoms. The Labute approximate surface area is 164 Å². The van der Waals surface area contributed by atoms with E-state index in [4.69, 9.17) is 9.47 Å². The number of nitrogens with zero attached hydrogens (tertiary/aromatic N) is 1. The highest BCUT2D eigenvalue weighted by molar-refractivity contribution is 9.10. The van der Waals surface area contributed by atoms with Gasteiger partial charge in [-0.15, -0.1) is 0 Å². The van der Waals surface area contributed by atoms with Gasteiger partial charge >= 0.3 is 0 Å². The van der Waals surface area contributed by atoms with Crippen molar-refractivity contribution in [1.29, 1.82) is 0 Å². The predicted molar refractivity (Wildman–Crippen MR) is 108 cm³/mol. The summed E-state index contributed by atoms with van der Waals surface area (Å²) in [5, 5.41) is 9.35. The molecule has 1 heterocycles. The van der Waals surface area contributed by atoms with Crippen molar-refractivity contribution in [3.8, 4) is 11.5 Å². The van der Waals surface area contributed by atoms with Crippen LogP contribution in [0.1, 0.15) is 5.56 Å². The van der Waals surface area contributed by atoms with Crippen LogP contribution >= 0.6 is 15.9 Å². The Hall–Kier alpha value is -3.06. The zero-order valence-electron chi connectivity index (χ0n) is 14.2. The van der Waals surface area contributed by atoms with Crippen LogP contribution in [-0.4, -0.2) is 25.5 Å². The topological polar surface area (TPSA) is 72.0 Å². The molecule has 3 aromatic rings. The maximum absolute atomic E-state index is 12.1. The molecule has 1 aliphatic heterocycles. The van der Waals surface area contributed by atoms with E-state index in [1.165, 1.54) is 0 Å². The molecule has 0 radical (unpaired) electrons. The molecule has 0 unspecified atom stereocenters. The maximum atomic E-state index is 12.1. The van der Waals surface area contributed by atoms with Gasteiger partial charge in [-0.05, 0) is 39.5 Å². The molecule has 0 bridgehead atoms. The van der Waals surface area contributed by atoms with Crippen LogP contribution in [0.25, 0.3) is 10.8 Å². The number of carbonyl (C=O) groups is 1. The van der Waals surface area contributed by atoms with Gasteiger partial charge in [-0.25, -0.2) is 5.43 Å². The van der Waals surface area contributed by atoms with E-state index in [2.05, 4.69) is 31.8 Å². The summed E-state index contributed by atoms with van der Waals surface area (Å²) < 4.78 is 11.5. The number of hydrogen-bond donors (Lipinski definition) is 2. The first-order valence-corrected chi connectivity index (χ1v) is 9.13. The quantitative estimate of drug-likeness (QED) is 0.480. The van der Waals surface area contributed by atoms with Crippen molar-refractivity contribution in [2.45, 2.75) is 0 Å². The summed E-state index contributed by atoms with van der Waals surface area (Å²) in [5.41, 5.74) is 4.21. The molecule has 0 atom stereocenters. The fraction of sp³-hybridized carbons (Fsp3) is 0.100. The lowest BCUT2D eigenvalue weighted by molar-refractivity contribution is -0.119. The second-order valence-electron chi connectivity index (χ2n) is 5.90. The molecule has 1 aliphatic rings. The third-order valence-electron chi connectivity index (χ3n) is 4.11. The maximum Gasteiger partial charge on any atom is 0.259 e. The standard InChI is InChI=1S/C20H16BrN3O3/c21-16-9-19-18(26-12-27-19)8-14(16)10-23-24-20(25)11-22-17-7-3-5-13-4-1-2-6-15(13)17/h1-10,22H,11-12H2,(H,24,25). The van der Waals surface area contributed by atoms with Crippen molar-refractivity contribution in [1.82, 2.24) is 5.43 Å². The Morgan fingerprint density at radius 1 is 1.11 bits per heavy atom. The zero-order chi connectivity index (χ0) is 18.6. The summed E-state index contributed by atoms with van der Waals surface area (Å²) >= 11 is 3.45. The van der Waals surface area contributed by atoms with E-state index in [0.29, 0.717) is 11.5 Å². The van der Waals surface area contributed by atoms with Gasteiger partial charge in [0.15, 0.2) is 11.5 Å². The predicted octanol–water partition coefficient (Wildman–Crippen LogP) is 3.89. The molecule has 2 N–H and O–H groups in total. The third kappa shape index (κ3) is 3.88. The lowest BCUT2D eigenvalue weighted by Crippen LogP contribution is -2.25. The summed E-state index contributed by atoms with van der Waals surface area (Å²) in [5.74, 6) is 1.10. The Balaban J connectivity index is 1.37. The van der Waals surface area contributed by atoms with Gasteiger partial charge in [0.05, 0.1) is 12.8 Å². The smallest absolute Gasteiger partial charge is 0.259 e. The highest BCUT2D eigenvalue weighted by Crippen LogP contribution is 2.36. The van der Waals surface area contributed by atoms with Gasteiger partial charge in [0.1, 0.15) is 0 Å². The number of carbonyl (C=O) groups excluding carboxylic acids is 1. The number of hydrogen-bond acceptors (Lipinski definition) is 5. The second kappa shape index (κ2) is 7.67. The summed E-state index contributed by atoms with van der Waals surface area (Å²) in [6.45, 7) is 0.326. The van der Waals surface area contributed by atoms with Crippen molar-refractivity contribution in [3.63, 3.8) is 0 Å². The van der Waals surface area contributed by atoms with Gasteiger partial charge < -0.3 is 14.8 Å². The zero-order valence-corrected chi connectivity index (χ0v) is 15.8. The Morgan fingerprint density at radius 3 is 2.78 bits per heavy atom. The molecule has 0 saturated heterocycles. The van der Waals surface area contributed by atoms with Gasteiger partial charge in [0, 0.05) is 21.1 Å². The van der Waals surface area contributed by atoms with E-state index >= 15 is 0 Å². The highest BCUT2D eigenvalue weighted by atomic mass is 79.9. The van der Waals surface area contributed by atoms with Gasteiger partial charge in [-0.2, -0.15) is 5.10 Å². The molecule has 3 aromatic carbocycles. The lowest BCUT2D eigenvalue weighted by atomic mass is 10.1. The van der Waals surface area contributed by atoms with Crippen molar-refractivity contribution in [2.24, 2.45) is 5.10 Å². The van der Waals surface area contributed by atoms with E-state index in [9.17, 15) is 4.79 Å². The summed E-state index contributed by atoms with van der Waals surface area (Å²) in [4.78, 5) is 12.1. The number of amides is 1. The number of ether oxygens (including phenoxy) is 2. The van der Waals surface area contributed by atoms with Crippen molar-refractivity contribution in [2.75, 3.05) is 18.7 Å². The third-order valence-corrected chi connectivity index (χ3v) is 4.80. The fourth-order valence-corrected chi connectivity index (χ4v) is 3.22. The van der Waals surface area contributed by atoms with Crippen molar-refractivity contribution < 1.29 is 14.3 Å². The van der Waals surface area contributed by atoms with Crippen LogP contribution in [0.4, 0.5) is 5.69 Å². The van der Waals surface area contributed by atoms with Crippen LogP contribution in [0.15, 0.2) is 64.2 Å². The number of fused-ring (bicyclic) bond motifs is 2. The monoisotopic (exact) mass is 425 g/mol. The molecule has 136 valence electrons. The van der Waals surface area contributed by atoms with E-state index < -0.39 is 0 Å². The molecule has 1 amide bonds. The minimum Gasteiger partial charge on any atom is -0.454 e. The van der Waals surface area contributed by atoms with E-state index in [1.54, 1.807) is 12.3 Å². The van der Waals surface area contributed by atoms with Crippen molar-refractivity contribution in [3.05, 3.63) is 64.6 Å². The average molecular weight is 426 g/mol. The number of anilines is 1. The Kier molecular flexibility index (Phi) is 4.93. The van der Waals surface area contributed by atoms with Crippen LogP contribution in [0.5, 0.6) is 11.5 Å². The average Bonchev–Trinajstić information content (AvgIpc) is 3.13. The summed E-state index contributed by atoms with van der Waals surface area (Å²) in [6, 6.07) is 17.6. The van der Waals surface area contributed by atoms with Gasteiger partial charge in [-0.1, -0.05) is 36.4 Å². The summed E-state index contributed by atoms with van der Waals surface area (Å²) in [6.07, 6.45) is 1.56. The number of nitrogens with one attached hydrogen (secondary N) is 2. The number of benzene rings is 3. The molecular weight excluding hydrogens is 410 g/mol. The van der Waals surface area contributed by atoms with Gasteiger partial charge in [0.2, 0.25) is 6.79 Å². The SMILES string of the molecule is O=C(CNc1cccc2ccccc12)NN=Cc1cc2c(cc1Br)OCO2. The molecule has 0 saturated carbocycles. The van der Waals surface area contributed by atoms with E-state index in [0.717, 1.165) is 26.5 Å². The largest absolute Gasteiger partial charge is 0.454 e. The van der Waals surface area contributed by atoms with Gasteiger partial charge in [0.25, 0.3) is 5.91 Å². The second-order valence-corrected chi connectivity index (χ2v) is 6.75. The molecule has 0 fully saturated rings. The highest BCUT2D eigenvalue weighted by Gasteiger charge is 2.15. The number of halogens is 1. The molecule has 27 heavy (non-hydrogen) atoms. The van der Waals surface area contributed by atoms with Crippen LogP contribution in [0.3, 0.4) is 0 Å². The molecule has 0 spiro atoms. The first kappa shape index (κ1) is 17.4. The van der Waals surface area contributed by atoms with Crippen molar-refractivity contribution >= 4 is 44.5 Å². The molecular formula is C20H16BrN3O3. The van der Waals surface area contributed by atoms with Crippen LogP contribution in [0, 0.1) is 0 Å². The number of rotatable bonds is 5. The summed E-state index contributed by atoms with van der Waals surface area (Å²) in [7, 11) is 0. The molecule has 0 aliphatic carbocycles. The minimum absolute atomic E-state index is 0.119. The molecule has 4 rings (SSSR count). The molecule has 6 nitrogen and oxygen atoms in total. The van der Waals surface area contributed by atoms with Gasteiger partial charge in [-0.3, -0.25) is 4.79 Å².